The molecule has 4 N–H and O–H groups in total. The predicted octanol–water partition coefficient (Wildman–Crippen LogP) is 3.22. The monoisotopic (exact) mass is 331 g/mol. The SMILES string of the molecule is Cc1[nH]ncc1CNc1c(N)cnc2ccc(Br)cc12. The Morgan fingerprint density at radius 3 is 2.95 bits per heavy atom. The van der Waals surface area contributed by atoms with Crippen LogP contribution < -0.4 is 11.1 Å². The van der Waals surface area contributed by atoms with Crippen LogP contribution in [-0.2, 0) is 6.54 Å². The van der Waals surface area contributed by atoms with Gasteiger partial charge in [-0.15, -0.1) is 0 Å². The van der Waals surface area contributed by atoms with E-state index in [-0.39, 0.29) is 0 Å². The standard InChI is InChI=1S/C14H14BrN5/c1-8-9(6-19-20-8)5-18-14-11-4-10(15)2-3-13(11)17-7-12(14)16/h2-4,6-7H,5,16H2,1H3,(H,17,18)(H,19,20). The second kappa shape index (κ2) is 5.13. The van der Waals surface area contributed by atoms with Gasteiger partial charge in [-0.1, -0.05) is 15.9 Å². The van der Waals surface area contributed by atoms with Gasteiger partial charge in [0, 0.05) is 27.7 Å². The number of nitrogens with zero attached hydrogens (tertiary/aromatic N) is 2. The van der Waals surface area contributed by atoms with Gasteiger partial charge in [-0.05, 0) is 25.1 Å². The minimum Gasteiger partial charge on any atom is -0.396 e. The van der Waals surface area contributed by atoms with Crippen molar-refractivity contribution in [3.8, 4) is 0 Å². The zero-order valence-corrected chi connectivity index (χ0v) is 12.5. The highest BCUT2D eigenvalue weighted by Crippen LogP contribution is 2.30. The minimum absolute atomic E-state index is 0.636. The number of nitrogen functional groups attached to an aromatic ring is 1. The molecule has 1 aromatic carbocycles. The molecule has 2 aromatic heterocycles. The van der Waals surface area contributed by atoms with Crippen molar-refractivity contribution < 1.29 is 0 Å². The summed E-state index contributed by atoms with van der Waals surface area (Å²) in [5.41, 5.74) is 10.7. The van der Waals surface area contributed by atoms with Crippen molar-refractivity contribution in [3.63, 3.8) is 0 Å². The van der Waals surface area contributed by atoms with Crippen molar-refractivity contribution in [2.45, 2.75) is 13.5 Å². The van der Waals surface area contributed by atoms with E-state index in [2.05, 4.69) is 36.4 Å². The summed E-state index contributed by atoms with van der Waals surface area (Å²) >= 11 is 3.48. The molecular weight excluding hydrogens is 318 g/mol. The summed E-state index contributed by atoms with van der Waals surface area (Å²) in [5, 5.41) is 11.3. The van der Waals surface area contributed by atoms with E-state index in [1.165, 1.54) is 0 Å². The Hall–Kier alpha value is -2.08. The number of halogens is 1. The third kappa shape index (κ3) is 2.34. The van der Waals surface area contributed by atoms with Gasteiger partial charge in [0.25, 0.3) is 0 Å². The quantitative estimate of drug-likeness (QED) is 0.688. The number of H-pyrrole nitrogens is 1. The Balaban J connectivity index is 1.99. The summed E-state index contributed by atoms with van der Waals surface area (Å²) in [6, 6.07) is 5.95. The van der Waals surface area contributed by atoms with Crippen molar-refractivity contribution >= 4 is 38.2 Å². The molecule has 0 unspecified atom stereocenters. The number of aryl methyl sites for hydroxylation is 1. The summed E-state index contributed by atoms with van der Waals surface area (Å²) in [7, 11) is 0. The Morgan fingerprint density at radius 1 is 1.35 bits per heavy atom. The molecule has 5 nitrogen and oxygen atoms in total. The van der Waals surface area contributed by atoms with E-state index in [0.717, 1.165) is 32.3 Å². The van der Waals surface area contributed by atoms with Crippen molar-refractivity contribution in [2.75, 3.05) is 11.1 Å². The molecule has 0 saturated carbocycles. The summed E-state index contributed by atoms with van der Waals surface area (Å²) < 4.78 is 1.000. The van der Waals surface area contributed by atoms with E-state index in [0.29, 0.717) is 12.2 Å². The second-order valence-electron chi connectivity index (χ2n) is 4.62. The Kier molecular flexibility index (Phi) is 3.31. The molecule has 0 amide bonds. The first-order chi connectivity index (χ1) is 9.65. The topological polar surface area (TPSA) is 79.6 Å². The van der Waals surface area contributed by atoms with Crippen LogP contribution in [0.4, 0.5) is 11.4 Å². The lowest BCUT2D eigenvalue weighted by Gasteiger charge is -2.12. The third-order valence-corrected chi connectivity index (χ3v) is 3.74. The Bertz CT molecular complexity index is 760. The van der Waals surface area contributed by atoms with Crippen LogP contribution in [0.15, 0.2) is 35.1 Å². The number of rotatable bonds is 3. The highest BCUT2D eigenvalue weighted by molar-refractivity contribution is 9.10. The summed E-state index contributed by atoms with van der Waals surface area (Å²) in [6.45, 7) is 2.66. The minimum atomic E-state index is 0.636. The zero-order valence-electron chi connectivity index (χ0n) is 10.9. The van der Waals surface area contributed by atoms with Gasteiger partial charge in [0.05, 0.1) is 29.3 Å². The van der Waals surface area contributed by atoms with E-state index in [9.17, 15) is 0 Å². The summed E-state index contributed by atoms with van der Waals surface area (Å²) in [5.74, 6) is 0. The average Bonchev–Trinajstić information content (AvgIpc) is 2.83. The van der Waals surface area contributed by atoms with Crippen molar-refractivity contribution in [1.82, 2.24) is 15.2 Å². The fraction of sp³-hybridized carbons (Fsp3) is 0.143. The van der Waals surface area contributed by atoms with Crippen molar-refractivity contribution in [2.24, 2.45) is 0 Å². The molecule has 0 aliphatic heterocycles. The van der Waals surface area contributed by atoms with Gasteiger partial charge in [0.1, 0.15) is 0 Å². The van der Waals surface area contributed by atoms with Gasteiger partial charge in [0.2, 0.25) is 0 Å². The number of nitrogens with two attached hydrogens (primary N) is 1. The average molecular weight is 332 g/mol. The lowest BCUT2D eigenvalue weighted by Crippen LogP contribution is -2.04. The van der Waals surface area contributed by atoms with Gasteiger partial charge in [-0.2, -0.15) is 5.10 Å². The first-order valence-electron chi connectivity index (χ1n) is 6.21. The zero-order chi connectivity index (χ0) is 14.1. The lowest BCUT2D eigenvalue weighted by molar-refractivity contribution is 1.04. The molecule has 0 aliphatic rings. The number of anilines is 2. The summed E-state index contributed by atoms with van der Waals surface area (Å²) in [4.78, 5) is 4.34. The smallest absolute Gasteiger partial charge is 0.0743 e. The van der Waals surface area contributed by atoms with Crippen molar-refractivity contribution in [3.05, 3.63) is 46.3 Å². The molecule has 3 aromatic rings. The van der Waals surface area contributed by atoms with Gasteiger partial charge in [-0.3, -0.25) is 10.1 Å². The molecule has 0 radical (unpaired) electrons. The first kappa shape index (κ1) is 12.9. The molecule has 6 heteroatoms. The molecule has 0 aliphatic carbocycles. The third-order valence-electron chi connectivity index (χ3n) is 3.25. The number of aromatic nitrogens is 3. The van der Waals surface area contributed by atoms with Crippen molar-refractivity contribution in [1.29, 1.82) is 0 Å². The molecule has 20 heavy (non-hydrogen) atoms. The predicted molar refractivity (Wildman–Crippen MR) is 84.5 cm³/mol. The van der Waals surface area contributed by atoms with Gasteiger partial charge < -0.3 is 11.1 Å². The van der Waals surface area contributed by atoms with Gasteiger partial charge in [0.15, 0.2) is 0 Å². The van der Waals surface area contributed by atoms with Crippen LogP contribution in [0.2, 0.25) is 0 Å². The maximum absolute atomic E-state index is 6.05. The Morgan fingerprint density at radius 2 is 2.20 bits per heavy atom. The number of pyridine rings is 1. The number of fused-ring (bicyclic) bond motifs is 1. The number of benzene rings is 1. The molecule has 0 spiro atoms. The number of nitrogens with one attached hydrogen (secondary N) is 2. The first-order valence-corrected chi connectivity index (χ1v) is 7.01. The fourth-order valence-corrected chi connectivity index (χ4v) is 2.48. The molecule has 0 fully saturated rings. The number of hydrogen-bond donors (Lipinski definition) is 3. The van der Waals surface area contributed by atoms with Crippen LogP contribution >= 0.6 is 15.9 Å². The highest BCUT2D eigenvalue weighted by Gasteiger charge is 2.08. The lowest BCUT2D eigenvalue weighted by atomic mass is 10.1. The van der Waals surface area contributed by atoms with Crippen LogP contribution in [-0.4, -0.2) is 15.2 Å². The van der Waals surface area contributed by atoms with Crippen LogP contribution in [0.3, 0.4) is 0 Å². The molecule has 0 bridgehead atoms. The van der Waals surface area contributed by atoms with Gasteiger partial charge in [-0.25, -0.2) is 0 Å². The molecule has 3 rings (SSSR count). The molecule has 0 saturated heterocycles. The highest BCUT2D eigenvalue weighted by atomic mass is 79.9. The fourth-order valence-electron chi connectivity index (χ4n) is 2.11. The van der Waals surface area contributed by atoms with E-state index in [1.54, 1.807) is 6.20 Å². The molecule has 0 atom stereocenters. The van der Waals surface area contributed by atoms with E-state index < -0.39 is 0 Å². The maximum atomic E-state index is 6.05. The summed E-state index contributed by atoms with van der Waals surface area (Å²) in [6.07, 6.45) is 3.50. The number of aromatic amines is 1. The van der Waals surface area contributed by atoms with Crippen LogP contribution in [0, 0.1) is 6.92 Å². The van der Waals surface area contributed by atoms with Gasteiger partial charge >= 0.3 is 0 Å². The normalized spacial score (nSPS) is 10.9. The maximum Gasteiger partial charge on any atom is 0.0743 e. The Labute approximate surface area is 124 Å². The largest absolute Gasteiger partial charge is 0.396 e. The van der Waals surface area contributed by atoms with E-state index in [1.807, 2.05) is 31.3 Å². The molecule has 2 heterocycles. The molecular formula is C14H14BrN5. The van der Waals surface area contributed by atoms with E-state index in [4.69, 9.17) is 5.73 Å². The number of hydrogen-bond acceptors (Lipinski definition) is 4. The second-order valence-corrected chi connectivity index (χ2v) is 5.54. The van der Waals surface area contributed by atoms with Crippen LogP contribution in [0.1, 0.15) is 11.3 Å². The molecule has 102 valence electrons. The van der Waals surface area contributed by atoms with E-state index >= 15 is 0 Å². The van der Waals surface area contributed by atoms with Crippen LogP contribution in [0.25, 0.3) is 10.9 Å². The van der Waals surface area contributed by atoms with Crippen LogP contribution in [0.5, 0.6) is 0 Å².